The van der Waals surface area contributed by atoms with Gasteiger partial charge >= 0.3 is 0 Å². The van der Waals surface area contributed by atoms with Crippen molar-refractivity contribution in [2.45, 2.75) is 17.7 Å². The van der Waals surface area contributed by atoms with Crippen LogP contribution in [0.2, 0.25) is 0 Å². The summed E-state index contributed by atoms with van der Waals surface area (Å²) in [5.74, 6) is 0.834. The molecule has 8 heteroatoms. The van der Waals surface area contributed by atoms with Crippen LogP contribution in [0.4, 0.5) is 0 Å². The van der Waals surface area contributed by atoms with E-state index in [0.717, 1.165) is 11.2 Å². The van der Waals surface area contributed by atoms with Crippen molar-refractivity contribution in [1.82, 2.24) is 24.5 Å². The van der Waals surface area contributed by atoms with Gasteiger partial charge in [0.2, 0.25) is 10.0 Å². The number of sulfonamides is 1. The van der Waals surface area contributed by atoms with E-state index in [2.05, 4.69) is 19.8 Å². The zero-order valence-corrected chi connectivity index (χ0v) is 13.5. The standard InChI is InChI=1S/C15H17N5O2S/c1-20-15(17-11-18-20)6-3-8-19-23(21,22)14-5-2-4-12-10-16-9-7-13(12)14/h2,4-5,7,9-11,19H,3,6,8H2,1H3. The number of pyridine rings is 1. The Morgan fingerprint density at radius 3 is 2.91 bits per heavy atom. The molecule has 0 amide bonds. The number of nitrogens with one attached hydrogen (secondary N) is 1. The molecule has 0 aliphatic heterocycles. The summed E-state index contributed by atoms with van der Waals surface area (Å²) >= 11 is 0. The molecule has 1 N–H and O–H groups in total. The molecule has 1 aromatic carbocycles. The molecule has 120 valence electrons. The van der Waals surface area contributed by atoms with Crippen molar-refractivity contribution in [1.29, 1.82) is 0 Å². The molecule has 0 saturated carbocycles. The van der Waals surface area contributed by atoms with Gasteiger partial charge in [-0.15, -0.1) is 0 Å². The van der Waals surface area contributed by atoms with Gasteiger partial charge in [0, 0.05) is 43.2 Å². The first kappa shape index (κ1) is 15.6. The van der Waals surface area contributed by atoms with Crippen LogP contribution in [0.15, 0.2) is 47.9 Å². The van der Waals surface area contributed by atoms with Gasteiger partial charge in [-0.05, 0) is 18.6 Å². The molecule has 0 radical (unpaired) electrons. The molecule has 0 fully saturated rings. The van der Waals surface area contributed by atoms with Crippen molar-refractivity contribution < 1.29 is 8.42 Å². The third kappa shape index (κ3) is 3.38. The molecule has 0 atom stereocenters. The molecule has 0 aliphatic rings. The Morgan fingerprint density at radius 1 is 1.26 bits per heavy atom. The fourth-order valence-electron chi connectivity index (χ4n) is 2.40. The highest BCUT2D eigenvalue weighted by Crippen LogP contribution is 2.21. The largest absolute Gasteiger partial charge is 0.264 e. The van der Waals surface area contributed by atoms with E-state index in [1.54, 1.807) is 35.3 Å². The summed E-state index contributed by atoms with van der Waals surface area (Å²) in [7, 11) is -1.74. The van der Waals surface area contributed by atoms with Crippen molar-refractivity contribution >= 4 is 20.8 Å². The van der Waals surface area contributed by atoms with E-state index in [-0.39, 0.29) is 4.90 Å². The molecule has 0 spiro atoms. The number of fused-ring (bicyclic) bond motifs is 1. The second-order valence-electron chi connectivity index (χ2n) is 5.15. The summed E-state index contributed by atoms with van der Waals surface area (Å²) in [4.78, 5) is 8.41. The van der Waals surface area contributed by atoms with E-state index in [1.165, 1.54) is 6.33 Å². The van der Waals surface area contributed by atoms with Gasteiger partial charge in [-0.3, -0.25) is 9.67 Å². The summed E-state index contributed by atoms with van der Waals surface area (Å²) in [6.07, 6.45) is 6.05. The molecule has 0 bridgehead atoms. The summed E-state index contributed by atoms with van der Waals surface area (Å²) in [6.45, 7) is 0.344. The average Bonchev–Trinajstić information content (AvgIpc) is 2.96. The lowest BCUT2D eigenvalue weighted by molar-refractivity contribution is 0.577. The first-order chi connectivity index (χ1) is 11.1. The molecule has 0 saturated heterocycles. The van der Waals surface area contributed by atoms with Crippen LogP contribution < -0.4 is 4.72 Å². The highest BCUT2D eigenvalue weighted by atomic mass is 32.2. The van der Waals surface area contributed by atoms with E-state index in [9.17, 15) is 8.42 Å². The first-order valence-electron chi connectivity index (χ1n) is 7.23. The van der Waals surface area contributed by atoms with Crippen LogP contribution in [0.1, 0.15) is 12.2 Å². The maximum absolute atomic E-state index is 12.5. The summed E-state index contributed by atoms with van der Waals surface area (Å²) in [5, 5.41) is 5.46. The predicted molar refractivity (Wildman–Crippen MR) is 86.3 cm³/mol. The van der Waals surface area contributed by atoms with Gasteiger partial charge in [0.1, 0.15) is 12.2 Å². The Bertz CT molecular complexity index is 915. The van der Waals surface area contributed by atoms with Crippen molar-refractivity contribution in [2.75, 3.05) is 6.54 Å². The summed E-state index contributed by atoms with van der Waals surface area (Å²) in [5.41, 5.74) is 0. The Morgan fingerprint density at radius 2 is 2.13 bits per heavy atom. The average molecular weight is 331 g/mol. The molecule has 3 aromatic rings. The lowest BCUT2D eigenvalue weighted by atomic mass is 10.2. The van der Waals surface area contributed by atoms with E-state index in [0.29, 0.717) is 24.8 Å². The molecule has 23 heavy (non-hydrogen) atoms. The highest BCUT2D eigenvalue weighted by molar-refractivity contribution is 7.89. The molecule has 7 nitrogen and oxygen atoms in total. The van der Waals surface area contributed by atoms with Crippen LogP contribution >= 0.6 is 0 Å². The minimum absolute atomic E-state index is 0.274. The van der Waals surface area contributed by atoms with E-state index in [4.69, 9.17) is 0 Å². The minimum Gasteiger partial charge on any atom is -0.264 e. The fraction of sp³-hybridized carbons (Fsp3) is 0.267. The van der Waals surface area contributed by atoms with Gasteiger partial charge in [0.25, 0.3) is 0 Å². The third-order valence-electron chi connectivity index (χ3n) is 3.60. The number of aryl methyl sites for hydroxylation is 2. The first-order valence-corrected chi connectivity index (χ1v) is 8.71. The molecule has 2 aromatic heterocycles. The lowest BCUT2D eigenvalue weighted by Gasteiger charge is -2.09. The van der Waals surface area contributed by atoms with Gasteiger partial charge in [-0.25, -0.2) is 18.1 Å². The smallest absolute Gasteiger partial charge is 0.241 e. The monoisotopic (exact) mass is 331 g/mol. The molecule has 2 heterocycles. The van der Waals surface area contributed by atoms with Crippen molar-refractivity contribution in [2.24, 2.45) is 7.05 Å². The second kappa shape index (κ2) is 6.43. The maximum Gasteiger partial charge on any atom is 0.241 e. The molecule has 0 aliphatic carbocycles. The van der Waals surface area contributed by atoms with Gasteiger partial charge in [0.15, 0.2) is 0 Å². The Balaban J connectivity index is 1.70. The zero-order valence-electron chi connectivity index (χ0n) is 12.7. The van der Waals surface area contributed by atoms with E-state index >= 15 is 0 Å². The van der Waals surface area contributed by atoms with Crippen molar-refractivity contribution in [3.8, 4) is 0 Å². The van der Waals surface area contributed by atoms with Gasteiger partial charge < -0.3 is 0 Å². The van der Waals surface area contributed by atoms with Gasteiger partial charge in [-0.2, -0.15) is 5.10 Å². The number of hydrogen-bond donors (Lipinski definition) is 1. The summed E-state index contributed by atoms with van der Waals surface area (Å²) in [6, 6.07) is 6.88. The normalized spacial score (nSPS) is 11.9. The Hall–Kier alpha value is -2.32. The van der Waals surface area contributed by atoms with Gasteiger partial charge in [0.05, 0.1) is 4.90 Å². The minimum atomic E-state index is -3.56. The third-order valence-corrected chi connectivity index (χ3v) is 5.12. The van der Waals surface area contributed by atoms with Crippen molar-refractivity contribution in [3.63, 3.8) is 0 Å². The van der Waals surface area contributed by atoms with Crippen molar-refractivity contribution in [3.05, 3.63) is 48.8 Å². The topological polar surface area (TPSA) is 89.8 Å². The number of hydrogen-bond acceptors (Lipinski definition) is 5. The van der Waals surface area contributed by atoms with Crippen LogP contribution in [-0.4, -0.2) is 34.7 Å². The molecular weight excluding hydrogens is 314 g/mol. The number of nitrogens with zero attached hydrogens (tertiary/aromatic N) is 4. The van der Waals surface area contributed by atoms with Crippen LogP contribution in [0.3, 0.4) is 0 Å². The molecule has 3 rings (SSSR count). The Labute approximate surface area is 134 Å². The van der Waals surface area contributed by atoms with E-state index < -0.39 is 10.0 Å². The van der Waals surface area contributed by atoms with Crippen LogP contribution in [-0.2, 0) is 23.5 Å². The van der Waals surface area contributed by atoms with Crippen LogP contribution in [0.5, 0.6) is 0 Å². The number of aromatic nitrogens is 4. The van der Waals surface area contributed by atoms with Crippen LogP contribution in [0, 0.1) is 0 Å². The molecular formula is C15H17N5O2S. The second-order valence-corrected chi connectivity index (χ2v) is 6.89. The van der Waals surface area contributed by atoms with E-state index in [1.807, 2.05) is 13.1 Å². The Kier molecular flexibility index (Phi) is 4.35. The highest BCUT2D eigenvalue weighted by Gasteiger charge is 2.16. The number of benzene rings is 1. The SMILES string of the molecule is Cn1ncnc1CCCNS(=O)(=O)c1cccc2cnccc12. The number of rotatable bonds is 6. The van der Waals surface area contributed by atoms with Crippen LogP contribution in [0.25, 0.3) is 10.8 Å². The molecule has 0 unspecified atom stereocenters. The fourth-order valence-corrected chi connectivity index (χ4v) is 3.71. The lowest BCUT2D eigenvalue weighted by Crippen LogP contribution is -2.25. The predicted octanol–water partition coefficient (Wildman–Crippen LogP) is 1.27. The maximum atomic E-state index is 12.5. The van der Waals surface area contributed by atoms with Gasteiger partial charge in [-0.1, -0.05) is 12.1 Å². The summed E-state index contributed by atoms with van der Waals surface area (Å²) < 4.78 is 29.3. The quantitative estimate of drug-likeness (QED) is 0.687. The zero-order chi connectivity index (χ0) is 16.3.